The van der Waals surface area contributed by atoms with Gasteiger partial charge in [0, 0.05) is 11.8 Å². The van der Waals surface area contributed by atoms with Crippen LogP contribution in [0, 0.1) is 0 Å². The average Bonchev–Trinajstić information content (AvgIpc) is 3.70. The summed E-state index contributed by atoms with van der Waals surface area (Å²) in [5.41, 5.74) is 14.7. The summed E-state index contributed by atoms with van der Waals surface area (Å²) in [6.07, 6.45) is 0.193. The Morgan fingerprint density at radius 3 is 1.25 bits per heavy atom. The molecule has 0 fully saturated rings. The molecule has 51 heavy (non-hydrogen) atoms. The normalized spacial score (nSPS) is 13.2. The van der Waals surface area contributed by atoms with Crippen LogP contribution in [0.1, 0.15) is 56.3 Å². The van der Waals surface area contributed by atoms with E-state index in [1.807, 2.05) is 0 Å². The smallest absolute Gasteiger partial charge is 0.310 e. The van der Waals surface area contributed by atoms with Crippen molar-refractivity contribution in [2.75, 3.05) is 0 Å². The molecule has 2 heteroatoms. The molecule has 0 N–H and O–H groups in total. The van der Waals surface area contributed by atoms with Crippen molar-refractivity contribution in [2.24, 2.45) is 0 Å². The topological polar surface area (TPSA) is 26.3 Å². The fourth-order valence-electron chi connectivity index (χ4n) is 8.94. The van der Waals surface area contributed by atoms with Crippen LogP contribution in [0.15, 0.2) is 170 Å². The molecule has 0 aromatic heterocycles. The quantitative estimate of drug-likeness (QED) is 0.167. The Morgan fingerprint density at radius 2 is 0.784 bits per heavy atom. The number of hydrogen-bond donors (Lipinski definition) is 0. The molecular weight excluding hydrogens is 621 g/mol. The first-order valence-electron chi connectivity index (χ1n) is 17.8. The maximum atomic E-state index is 14.1. The molecule has 0 saturated carbocycles. The third-order valence-corrected chi connectivity index (χ3v) is 11.1. The second-order valence-electron chi connectivity index (χ2n) is 13.8. The molecule has 0 atom stereocenters. The number of benzene rings is 8. The Balaban J connectivity index is 1.04. The van der Waals surface area contributed by atoms with E-state index in [4.69, 9.17) is 4.74 Å². The van der Waals surface area contributed by atoms with Crippen LogP contribution < -0.4 is 0 Å². The average molecular weight is 655 g/mol. The van der Waals surface area contributed by atoms with E-state index in [9.17, 15) is 4.79 Å². The van der Waals surface area contributed by atoms with Crippen LogP contribution in [0.3, 0.4) is 0 Å². The Morgan fingerprint density at radius 1 is 0.412 bits per heavy atom. The van der Waals surface area contributed by atoms with E-state index >= 15 is 0 Å². The fraction of sp³-hybridized carbons (Fsp3) is 0.0816. The molecule has 2 aliphatic rings. The highest BCUT2D eigenvalue weighted by atomic mass is 16.5. The van der Waals surface area contributed by atoms with E-state index < -0.39 is 0 Å². The first-order chi connectivity index (χ1) is 25.2. The maximum absolute atomic E-state index is 14.1. The van der Waals surface area contributed by atoms with Gasteiger partial charge in [0.05, 0.1) is 6.42 Å². The summed E-state index contributed by atoms with van der Waals surface area (Å²) in [5.74, 6) is -0.148. The standard InChI is InChI=1S/C49H34O2/c50-45(29-33-27-25-31-13-1-3-15-35(31)46(33)48-41-21-9-5-17-37(41)38-18-6-10-22-42(38)48)51-30-34-28-26-32-14-2-4-16-36(32)47(34)49-43-23-11-7-19-39(43)40-20-8-12-24-44(40)49/h1-28,48-49H,29-30H2. The molecule has 0 unspecified atom stereocenters. The first kappa shape index (κ1) is 29.6. The van der Waals surface area contributed by atoms with Crippen LogP contribution in [-0.4, -0.2) is 5.97 Å². The molecule has 0 radical (unpaired) electrons. The second-order valence-corrected chi connectivity index (χ2v) is 13.8. The number of carbonyl (C=O) groups excluding carboxylic acids is 1. The SMILES string of the molecule is O=C(Cc1ccc2ccccc2c1C1c2ccccc2-c2ccccc21)OCc1ccc2ccccc2c1C1c2ccccc2-c2ccccc21. The van der Waals surface area contributed by atoms with E-state index in [-0.39, 0.29) is 30.8 Å². The molecule has 0 saturated heterocycles. The highest BCUT2D eigenvalue weighted by Crippen LogP contribution is 2.51. The van der Waals surface area contributed by atoms with E-state index in [1.165, 1.54) is 77.2 Å². The van der Waals surface area contributed by atoms with Crippen molar-refractivity contribution in [3.8, 4) is 22.3 Å². The zero-order valence-corrected chi connectivity index (χ0v) is 28.1. The lowest BCUT2D eigenvalue weighted by Gasteiger charge is -2.22. The summed E-state index contributed by atoms with van der Waals surface area (Å²) in [6.45, 7) is 0.206. The molecule has 0 bridgehead atoms. The number of rotatable bonds is 6. The van der Waals surface area contributed by atoms with E-state index in [0.717, 1.165) is 11.1 Å². The molecule has 10 rings (SSSR count). The van der Waals surface area contributed by atoms with Gasteiger partial charge in [0.1, 0.15) is 6.61 Å². The van der Waals surface area contributed by atoms with Crippen LogP contribution in [0.2, 0.25) is 0 Å². The van der Waals surface area contributed by atoms with Gasteiger partial charge in [-0.1, -0.05) is 170 Å². The zero-order chi connectivity index (χ0) is 33.9. The predicted octanol–water partition coefficient (Wildman–Crippen LogP) is 11.6. The fourth-order valence-corrected chi connectivity index (χ4v) is 8.94. The lowest BCUT2D eigenvalue weighted by atomic mass is 9.82. The van der Waals surface area contributed by atoms with Gasteiger partial charge in [0.2, 0.25) is 0 Å². The van der Waals surface area contributed by atoms with Crippen molar-refractivity contribution in [3.05, 3.63) is 214 Å². The van der Waals surface area contributed by atoms with Crippen molar-refractivity contribution in [1.82, 2.24) is 0 Å². The van der Waals surface area contributed by atoms with Crippen molar-refractivity contribution in [1.29, 1.82) is 0 Å². The Hall–Kier alpha value is -6.25. The van der Waals surface area contributed by atoms with Crippen molar-refractivity contribution in [3.63, 3.8) is 0 Å². The van der Waals surface area contributed by atoms with Crippen molar-refractivity contribution >= 4 is 27.5 Å². The largest absolute Gasteiger partial charge is 0.461 e. The maximum Gasteiger partial charge on any atom is 0.310 e. The van der Waals surface area contributed by atoms with Gasteiger partial charge >= 0.3 is 5.97 Å². The lowest BCUT2D eigenvalue weighted by Crippen LogP contribution is -2.13. The predicted molar refractivity (Wildman–Crippen MR) is 207 cm³/mol. The highest BCUT2D eigenvalue weighted by Gasteiger charge is 2.34. The van der Waals surface area contributed by atoms with Gasteiger partial charge in [-0.25, -0.2) is 0 Å². The van der Waals surface area contributed by atoms with Crippen LogP contribution >= 0.6 is 0 Å². The monoisotopic (exact) mass is 654 g/mol. The molecule has 0 spiro atoms. The summed E-state index contributed by atoms with van der Waals surface area (Å²) >= 11 is 0. The zero-order valence-electron chi connectivity index (χ0n) is 28.1. The molecule has 2 aliphatic carbocycles. The summed E-state index contributed by atoms with van der Waals surface area (Å²) in [7, 11) is 0. The molecule has 242 valence electrons. The third-order valence-electron chi connectivity index (χ3n) is 11.1. The molecule has 8 aromatic rings. The number of carbonyl (C=O) groups is 1. The lowest BCUT2D eigenvalue weighted by molar-refractivity contribution is -0.144. The summed E-state index contributed by atoms with van der Waals surface area (Å²) in [6, 6.07) is 60.5. The van der Waals surface area contributed by atoms with E-state index in [1.54, 1.807) is 0 Å². The van der Waals surface area contributed by atoms with Gasteiger partial charge < -0.3 is 4.74 Å². The molecule has 8 aromatic carbocycles. The summed E-state index contributed by atoms with van der Waals surface area (Å²) in [4.78, 5) is 14.1. The van der Waals surface area contributed by atoms with Gasteiger partial charge in [-0.3, -0.25) is 4.79 Å². The minimum atomic E-state index is -0.225. The minimum Gasteiger partial charge on any atom is -0.461 e. The van der Waals surface area contributed by atoms with Crippen LogP contribution in [0.4, 0.5) is 0 Å². The Labute approximate surface area is 297 Å². The van der Waals surface area contributed by atoms with Gasteiger partial charge in [-0.15, -0.1) is 0 Å². The van der Waals surface area contributed by atoms with Gasteiger partial charge in [-0.05, 0) is 88.3 Å². The number of esters is 1. The third kappa shape index (κ3) is 4.75. The number of fused-ring (bicyclic) bond motifs is 8. The number of hydrogen-bond acceptors (Lipinski definition) is 2. The van der Waals surface area contributed by atoms with Gasteiger partial charge in [0.15, 0.2) is 0 Å². The van der Waals surface area contributed by atoms with Gasteiger partial charge in [0.25, 0.3) is 0 Å². The first-order valence-corrected chi connectivity index (χ1v) is 17.8. The highest BCUT2D eigenvalue weighted by molar-refractivity contribution is 5.94. The number of ether oxygens (including phenoxy) is 1. The molecular formula is C49H34O2. The minimum absolute atomic E-state index is 0.0286. The summed E-state index contributed by atoms with van der Waals surface area (Å²) in [5, 5.41) is 4.72. The second kappa shape index (κ2) is 12.0. The summed E-state index contributed by atoms with van der Waals surface area (Å²) < 4.78 is 6.29. The van der Waals surface area contributed by atoms with Crippen LogP contribution in [0.25, 0.3) is 43.8 Å². The van der Waals surface area contributed by atoms with Crippen LogP contribution in [-0.2, 0) is 22.6 Å². The Kier molecular flexibility index (Phi) is 6.95. The molecule has 0 amide bonds. The molecule has 0 heterocycles. The van der Waals surface area contributed by atoms with Crippen molar-refractivity contribution in [2.45, 2.75) is 24.9 Å². The molecule has 0 aliphatic heterocycles. The van der Waals surface area contributed by atoms with Crippen LogP contribution in [0.5, 0.6) is 0 Å². The van der Waals surface area contributed by atoms with Gasteiger partial charge in [-0.2, -0.15) is 0 Å². The van der Waals surface area contributed by atoms with Crippen molar-refractivity contribution < 1.29 is 9.53 Å². The van der Waals surface area contributed by atoms with E-state index in [0.29, 0.717) is 0 Å². The molecule has 2 nitrogen and oxygen atoms in total. The van der Waals surface area contributed by atoms with E-state index in [2.05, 4.69) is 170 Å². The Bertz CT molecular complexity index is 2570.